The molecular weight excluding hydrogens is 467 g/mol. The van der Waals surface area contributed by atoms with E-state index in [2.05, 4.69) is 110 Å². The Balaban J connectivity index is 2.50. The molecule has 1 heteroatoms. The van der Waals surface area contributed by atoms with Crippen LogP contribution >= 0.6 is 0 Å². The Hall–Kier alpha value is -1.54. The Morgan fingerprint density at radius 1 is 0.567 bits per heavy atom. The molecule has 3 rings (SSSR count). The van der Waals surface area contributed by atoms with Crippen LogP contribution < -0.4 is 10.7 Å². The van der Waals surface area contributed by atoms with E-state index in [1.165, 1.54) is 44.2 Å². The van der Waals surface area contributed by atoms with E-state index in [0.717, 1.165) is 0 Å². The van der Waals surface area contributed by atoms with Gasteiger partial charge in [-0.2, -0.15) is 0 Å². The number of hydrogen-bond donors (Lipinski definition) is 0. The summed E-state index contributed by atoms with van der Waals surface area (Å²) >= 11 is -3.27. The van der Waals surface area contributed by atoms with Gasteiger partial charge in [-0.05, 0) is 0 Å². The van der Waals surface area contributed by atoms with Crippen LogP contribution in [0.2, 0.25) is 4.44 Å². The molecule has 0 atom stereocenters. The van der Waals surface area contributed by atoms with Crippen molar-refractivity contribution in [3.8, 4) is 0 Å². The van der Waals surface area contributed by atoms with Crippen molar-refractivity contribution in [3.05, 3.63) is 88.0 Å². The van der Waals surface area contributed by atoms with E-state index in [1.807, 2.05) is 0 Å². The molecule has 0 unspecified atom stereocenters. The Morgan fingerprint density at radius 3 is 1.20 bits per heavy atom. The third-order valence-electron chi connectivity index (χ3n) is 6.66. The third kappa shape index (κ3) is 4.54. The summed E-state index contributed by atoms with van der Waals surface area (Å²) in [7, 11) is 0. The molecule has 0 heterocycles. The number of aryl methyl sites for hydroxylation is 6. The zero-order valence-corrected chi connectivity index (χ0v) is 23.0. The van der Waals surface area contributed by atoms with Gasteiger partial charge in [-0.1, -0.05) is 0 Å². The number of rotatable bonds is 6. The number of benzene rings is 3. The number of hydrogen-bond acceptors (Lipinski definition) is 0. The second-order valence-corrected chi connectivity index (χ2v) is 21.0. The summed E-state index contributed by atoms with van der Waals surface area (Å²) in [5.41, 5.74) is 8.58. The molecule has 0 aliphatic rings. The molecule has 0 bridgehead atoms. The summed E-state index contributed by atoms with van der Waals surface area (Å²) in [5, 5.41) is 0. The van der Waals surface area contributed by atoms with Crippen LogP contribution in [0.4, 0.5) is 0 Å². The molecule has 0 fully saturated rings. The Kier molecular flexibility index (Phi) is 7.17. The van der Waals surface area contributed by atoms with Crippen molar-refractivity contribution in [2.45, 2.75) is 66.2 Å². The second kappa shape index (κ2) is 9.30. The van der Waals surface area contributed by atoms with Crippen molar-refractivity contribution in [3.63, 3.8) is 0 Å². The molecule has 0 spiro atoms. The average Bonchev–Trinajstić information content (AvgIpc) is 2.69. The average molecular weight is 505 g/mol. The molecule has 0 nitrogen and oxygen atoms in total. The molecular formula is C29H38Sn. The first-order valence-electron chi connectivity index (χ1n) is 11.4. The van der Waals surface area contributed by atoms with E-state index >= 15 is 0 Å². The van der Waals surface area contributed by atoms with E-state index in [0.29, 0.717) is 5.92 Å². The molecule has 0 aliphatic heterocycles. The molecule has 30 heavy (non-hydrogen) atoms. The summed E-state index contributed by atoms with van der Waals surface area (Å²) in [6.45, 7) is 18.6. The van der Waals surface area contributed by atoms with Gasteiger partial charge in [0.05, 0.1) is 0 Å². The SMILES string of the molecule is Cc1ccc(C)[c]([Sn]([CH2]CC(C)C)([c]2cc(C)ccc2C)[c]2cc(C)ccc2C)c1. The minimum absolute atomic E-state index is 0.710. The Bertz CT molecular complexity index is 917. The zero-order chi connectivity index (χ0) is 22.1. The predicted octanol–water partition coefficient (Wildman–Crippen LogP) is 6.05. The van der Waals surface area contributed by atoms with Crippen molar-refractivity contribution in [2.75, 3.05) is 0 Å². The van der Waals surface area contributed by atoms with Crippen LogP contribution in [0.3, 0.4) is 0 Å². The fourth-order valence-corrected chi connectivity index (χ4v) is 23.1. The van der Waals surface area contributed by atoms with Gasteiger partial charge in [-0.25, -0.2) is 0 Å². The van der Waals surface area contributed by atoms with Crippen LogP contribution in [0, 0.1) is 47.5 Å². The van der Waals surface area contributed by atoms with Crippen molar-refractivity contribution >= 4 is 29.1 Å². The predicted molar refractivity (Wildman–Crippen MR) is 137 cm³/mol. The van der Waals surface area contributed by atoms with Gasteiger partial charge < -0.3 is 0 Å². The summed E-state index contributed by atoms with van der Waals surface area (Å²) in [6, 6.07) is 21.5. The molecule has 158 valence electrons. The van der Waals surface area contributed by atoms with Crippen LogP contribution in [0.5, 0.6) is 0 Å². The maximum absolute atomic E-state index is 3.27. The Labute approximate surface area is 188 Å². The zero-order valence-electron chi connectivity index (χ0n) is 20.2. The first-order chi connectivity index (χ1) is 14.1. The monoisotopic (exact) mass is 506 g/mol. The van der Waals surface area contributed by atoms with Crippen molar-refractivity contribution in [1.82, 2.24) is 0 Å². The van der Waals surface area contributed by atoms with Crippen LogP contribution in [0.1, 0.15) is 53.6 Å². The molecule has 3 aromatic rings. The van der Waals surface area contributed by atoms with Gasteiger partial charge in [0.25, 0.3) is 0 Å². The maximum atomic E-state index is 2.54. The summed E-state index contributed by atoms with van der Waals surface area (Å²) in [5.74, 6) is 0.710. The van der Waals surface area contributed by atoms with E-state index in [4.69, 9.17) is 0 Å². The van der Waals surface area contributed by atoms with Gasteiger partial charge in [-0.15, -0.1) is 0 Å². The Morgan fingerprint density at radius 2 is 0.900 bits per heavy atom. The van der Waals surface area contributed by atoms with Crippen LogP contribution in [-0.2, 0) is 0 Å². The van der Waals surface area contributed by atoms with Gasteiger partial charge in [0.1, 0.15) is 0 Å². The van der Waals surface area contributed by atoms with Gasteiger partial charge in [-0.3, -0.25) is 0 Å². The topological polar surface area (TPSA) is 0 Å². The van der Waals surface area contributed by atoms with Crippen LogP contribution in [0.15, 0.2) is 54.6 Å². The molecule has 0 radical (unpaired) electrons. The minimum atomic E-state index is -3.27. The van der Waals surface area contributed by atoms with Crippen LogP contribution in [-0.4, -0.2) is 18.4 Å². The van der Waals surface area contributed by atoms with Crippen molar-refractivity contribution in [2.24, 2.45) is 5.92 Å². The summed E-state index contributed by atoms with van der Waals surface area (Å²) in [6.07, 6.45) is 1.28. The normalized spacial score (nSPS) is 11.9. The van der Waals surface area contributed by atoms with Crippen LogP contribution in [0.25, 0.3) is 0 Å². The van der Waals surface area contributed by atoms with E-state index < -0.39 is 18.4 Å². The molecule has 0 saturated heterocycles. The molecule has 0 N–H and O–H groups in total. The molecule has 0 amide bonds. The fourth-order valence-electron chi connectivity index (χ4n) is 4.93. The molecule has 3 aromatic carbocycles. The van der Waals surface area contributed by atoms with Gasteiger partial charge in [0, 0.05) is 0 Å². The summed E-state index contributed by atoms with van der Waals surface area (Å²) < 4.78 is 6.35. The molecule has 0 aliphatic carbocycles. The second-order valence-electron chi connectivity index (χ2n) is 9.79. The molecule has 0 aromatic heterocycles. The quantitative estimate of drug-likeness (QED) is 0.358. The third-order valence-corrected chi connectivity index (χ3v) is 22.1. The fraction of sp³-hybridized carbons (Fsp3) is 0.379. The first kappa shape index (κ1) is 23.1. The molecule has 0 saturated carbocycles. The van der Waals surface area contributed by atoms with Gasteiger partial charge in [0.15, 0.2) is 0 Å². The standard InChI is InChI=1S/3C8H9.C5H11.Sn/c3*1-7-3-5-8(2)6-4-7;1-4-5(2)3;/h3*3-5H,1-2H3;5H,1,4H2,2-3H3;. The van der Waals surface area contributed by atoms with Crippen molar-refractivity contribution < 1.29 is 0 Å². The van der Waals surface area contributed by atoms with Gasteiger partial charge >= 0.3 is 189 Å². The van der Waals surface area contributed by atoms with Crippen molar-refractivity contribution in [1.29, 1.82) is 0 Å². The summed E-state index contributed by atoms with van der Waals surface area (Å²) in [4.78, 5) is 0. The van der Waals surface area contributed by atoms with E-state index in [-0.39, 0.29) is 0 Å². The van der Waals surface area contributed by atoms with E-state index in [1.54, 1.807) is 10.7 Å². The van der Waals surface area contributed by atoms with Gasteiger partial charge in [0.2, 0.25) is 0 Å². The van der Waals surface area contributed by atoms with E-state index in [9.17, 15) is 0 Å². The first-order valence-corrected chi connectivity index (χ1v) is 17.7.